The fourth-order valence-electron chi connectivity index (χ4n) is 4.55. The van der Waals surface area contributed by atoms with Gasteiger partial charge < -0.3 is 29.1 Å². The molecular weight excluding hydrogens is 484 g/mol. The van der Waals surface area contributed by atoms with Gasteiger partial charge in [-0.15, -0.1) is 0 Å². The number of ether oxygens (including phenoxy) is 3. The van der Waals surface area contributed by atoms with Crippen molar-refractivity contribution in [3.63, 3.8) is 0 Å². The number of methoxy groups -OCH3 is 2. The van der Waals surface area contributed by atoms with Gasteiger partial charge in [0, 0.05) is 18.7 Å². The molecule has 1 atom stereocenters. The van der Waals surface area contributed by atoms with Crippen LogP contribution in [0.1, 0.15) is 51.3 Å². The van der Waals surface area contributed by atoms with E-state index in [9.17, 15) is 14.7 Å². The van der Waals surface area contributed by atoms with E-state index in [2.05, 4.69) is 32.6 Å². The summed E-state index contributed by atoms with van der Waals surface area (Å²) in [6.45, 7) is 11.5. The highest BCUT2D eigenvalue weighted by Gasteiger charge is 2.46. The van der Waals surface area contributed by atoms with Gasteiger partial charge in [0.25, 0.3) is 11.7 Å². The van der Waals surface area contributed by atoms with Crippen LogP contribution in [0.15, 0.2) is 48.0 Å². The van der Waals surface area contributed by atoms with Gasteiger partial charge in [0.2, 0.25) is 0 Å². The lowest BCUT2D eigenvalue weighted by atomic mass is 9.95. The molecule has 0 bridgehead atoms. The Hall–Kier alpha value is -3.52. The average molecular weight is 525 g/mol. The van der Waals surface area contributed by atoms with E-state index in [0.29, 0.717) is 54.0 Å². The number of hydrogen-bond acceptors (Lipinski definition) is 7. The van der Waals surface area contributed by atoms with Crippen LogP contribution in [0, 0.1) is 5.92 Å². The summed E-state index contributed by atoms with van der Waals surface area (Å²) in [5.74, 6) is 0.530. The third kappa shape index (κ3) is 6.48. The fourth-order valence-corrected chi connectivity index (χ4v) is 4.55. The molecule has 2 aromatic rings. The fraction of sp³-hybridized carbons (Fsp3) is 0.467. The Labute approximate surface area is 225 Å². The molecule has 8 nitrogen and oxygen atoms in total. The zero-order chi connectivity index (χ0) is 27.8. The van der Waals surface area contributed by atoms with Gasteiger partial charge >= 0.3 is 0 Å². The van der Waals surface area contributed by atoms with E-state index in [4.69, 9.17) is 14.2 Å². The van der Waals surface area contributed by atoms with E-state index in [-0.39, 0.29) is 11.3 Å². The van der Waals surface area contributed by atoms with Crippen LogP contribution < -0.4 is 14.2 Å². The summed E-state index contributed by atoms with van der Waals surface area (Å²) in [5, 5.41) is 11.4. The van der Waals surface area contributed by atoms with Crippen LogP contribution in [0.5, 0.6) is 17.2 Å². The summed E-state index contributed by atoms with van der Waals surface area (Å²) in [6, 6.07) is 11.4. The van der Waals surface area contributed by atoms with Crippen LogP contribution >= 0.6 is 0 Å². The van der Waals surface area contributed by atoms with Crippen molar-refractivity contribution in [3.8, 4) is 17.2 Å². The number of aliphatic hydroxyl groups is 1. The quantitative estimate of drug-likeness (QED) is 0.227. The lowest BCUT2D eigenvalue weighted by molar-refractivity contribution is -0.140. The topological polar surface area (TPSA) is 88.5 Å². The van der Waals surface area contributed by atoms with E-state index in [1.165, 1.54) is 7.11 Å². The van der Waals surface area contributed by atoms with E-state index >= 15 is 0 Å². The third-order valence-electron chi connectivity index (χ3n) is 6.89. The van der Waals surface area contributed by atoms with Crippen molar-refractivity contribution in [2.45, 2.75) is 40.2 Å². The molecule has 0 aliphatic carbocycles. The second-order valence-corrected chi connectivity index (χ2v) is 9.69. The molecule has 1 fully saturated rings. The maximum Gasteiger partial charge on any atom is 0.295 e. The molecular formula is C30H40N2O6. The van der Waals surface area contributed by atoms with Gasteiger partial charge in [0.1, 0.15) is 11.5 Å². The number of Topliss-reactive ketones (excluding diaryl/α,β-unsaturated/α-hetero) is 1. The first-order valence-corrected chi connectivity index (χ1v) is 13.2. The Kier molecular flexibility index (Phi) is 10.2. The number of ketones is 1. The highest BCUT2D eigenvalue weighted by atomic mass is 16.5. The second kappa shape index (κ2) is 13.3. The summed E-state index contributed by atoms with van der Waals surface area (Å²) in [6.07, 6.45) is 0.900. The van der Waals surface area contributed by atoms with E-state index in [1.807, 2.05) is 6.07 Å². The summed E-state index contributed by atoms with van der Waals surface area (Å²) in [7, 11) is 3.09. The van der Waals surface area contributed by atoms with Gasteiger partial charge in [-0.3, -0.25) is 9.59 Å². The molecule has 0 saturated carbocycles. The van der Waals surface area contributed by atoms with E-state index in [0.717, 1.165) is 19.5 Å². The molecule has 206 valence electrons. The van der Waals surface area contributed by atoms with E-state index < -0.39 is 17.7 Å². The van der Waals surface area contributed by atoms with Crippen LogP contribution in [-0.2, 0) is 9.59 Å². The smallest absolute Gasteiger partial charge is 0.295 e. The molecule has 1 amide bonds. The number of hydrogen-bond donors (Lipinski definition) is 1. The predicted molar refractivity (Wildman–Crippen MR) is 148 cm³/mol. The van der Waals surface area contributed by atoms with Crippen LogP contribution in [-0.4, -0.2) is 73.6 Å². The number of carbonyl (C=O) groups excluding carboxylic acids is 2. The molecule has 0 radical (unpaired) electrons. The lowest BCUT2D eigenvalue weighted by Gasteiger charge is -2.28. The Morgan fingerprint density at radius 2 is 1.76 bits per heavy atom. The third-order valence-corrected chi connectivity index (χ3v) is 6.89. The van der Waals surface area contributed by atoms with Crippen LogP contribution in [0.2, 0.25) is 0 Å². The highest BCUT2D eigenvalue weighted by molar-refractivity contribution is 6.46. The number of likely N-dealkylation sites (tertiary alicyclic amines) is 1. The van der Waals surface area contributed by atoms with Crippen molar-refractivity contribution < 1.29 is 28.9 Å². The number of carbonyl (C=O) groups is 2. The van der Waals surface area contributed by atoms with Crippen LogP contribution in [0.3, 0.4) is 0 Å². The number of nitrogens with zero attached hydrogens (tertiary/aromatic N) is 2. The van der Waals surface area contributed by atoms with Gasteiger partial charge in [-0.2, -0.15) is 0 Å². The van der Waals surface area contributed by atoms with Gasteiger partial charge in [0.05, 0.1) is 32.4 Å². The number of benzene rings is 2. The van der Waals surface area contributed by atoms with Crippen molar-refractivity contribution in [1.29, 1.82) is 0 Å². The summed E-state index contributed by atoms with van der Waals surface area (Å²) in [4.78, 5) is 30.4. The maximum absolute atomic E-state index is 13.4. The Balaban J connectivity index is 2.09. The first kappa shape index (κ1) is 29.0. The molecule has 3 rings (SSSR count). The highest BCUT2D eigenvalue weighted by Crippen LogP contribution is 2.42. The molecule has 1 N–H and O–H groups in total. The van der Waals surface area contributed by atoms with Gasteiger partial charge in [-0.25, -0.2) is 0 Å². The molecule has 1 unspecified atom stereocenters. The maximum atomic E-state index is 13.4. The number of likely N-dealkylation sites (N-methyl/N-ethyl adjacent to an activating group) is 1. The molecule has 1 aliphatic rings. The molecule has 0 spiro atoms. The molecule has 38 heavy (non-hydrogen) atoms. The first-order chi connectivity index (χ1) is 18.2. The summed E-state index contributed by atoms with van der Waals surface area (Å²) < 4.78 is 16.9. The molecule has 8 heteroatoms. The normalized spacial score (nSPS) is 16.9. The standard InChI is InChI=1S/C30H40N2O6/c1-7-31(8-2)15-16-32-27(21-12-13-24(25(19-21)37-6)38-17-14-20(3)4)26(29(34)30(32)35)28(33)22-10-9-11-23(18-22)36-5/h9-13,18-20,27,33H,7-8,14-17H2,1-6H3/b28-26+. The minimum Gasteiger partial charge on any atom is -0.507 e. The minimum absolute atomic E-state index is 0.0401. The van der Waals surface area contributed by atoms with Crippen LogP contribution in [0.4, 0.5) is 0 Å². The first-order valence-electron chi connectivity index (χ1n) is 13.2. The van der Waals surface area contributed by atoms with E-state index in [1.54, 1.807) is 48.4 Å². The Morgan fingerprint density at radius 1 is 1.03 bits per heavy atom. The molecule has 2 aromatic carbocycles. The largest absolute Gasteiger partial charge is 0.507 e. The number of aliphatic hydroxyl groups excluding tert-OH is 1. The molecule has 0 aromatic heterocycles. The molecule has 1 saturated heterocycles. The number of rotatable bonds is 13. The number of amides is 1. The van der Waals surface area contributed by atoms with Crippen LogP contribution in [0.25, 0.3) is 5.76 Å². The Morgan fingerprint density at radius 3 is 2.39 bits per heavy atom. The van der Waals surface area contributed by atoms with Crippen molar-refractivity contribution >= 4 is 17.4 Å². The molecule has 1 heterocycles. The van der Waals surface area contributed by atoms with Gasteiger partial charge in [0.15, 0.2) is 11.5 Å². The average Bonchev–Trinajstić information content (AvgIpc) is 3.18. The SMILES string of the molecule is CCN(CC)CCN1C(=O)C(=O)/C(=C(/O)c2cccc(OC)c2)C1c1ccc(OCCC(C)C)c(OC)c1. The Bertz CT molecular complexity index is 1160. The predicted octanol–water partition coefficient (Wildman–Crippen LogP) is 4.89. The minimum atomic E-state index is -0.782. The van der Waals surface area contributed by atoms with Crippen molar-refractivity contribution in [1.82, 2.24) is 9.80 Å². The lowest BCUT2D eigenvalue weighted by Crippen LogP contribution is -2.38. The second-order valence-electron chi connectivity index (χ2n) is 9.69. The van der Waals surface area contributed by atoms with Crippen molar-refractivity contribution in [2.24, 2.45) is 5.92 Å². The zero-order valence-corrected chi connectivity index (χ0v) is 23.3. The van der Waals surface area contributed by atoms with Crippen molar-refractivity contribution in [2.75, 3.05) is 47.0 Å². The summed E-state index contributed by atoms with van der Waals surface area (Å²) >= 11 is 0. The summed E-state index contributed by atoms with van der Waals surface area (Å²) in [5.41, 5.74) is 1.09. The zero-order valence-electron chi connectivity index (χ0n) is 23.3. The monoisotopic (exact) mass is 524 g/mol. The van der Waals surface area contributed by atoms with Gasteiger partial charge in [-0.1, -0.05) is 45.9 Å². The van der Waals surface area contributed by atoms with Crippen molar-refractivity contribution in [3.05, 3.63) is 59.2 Å². The van der Waals surface area contributed by atoms with Gasteiger partial charge in [-0.05, 0) is 55.3 Å². The molecule has 1 aliphatic heterocycles.